The van der Waals surface area contributed by atoms with Crippen LogP contribution in [0.2, 0.25) is 0 Å². The number of benzene rings is 4. The molecule has 0 unspecified atom stereocenters. The van der Waals surface area contributed by atoms with Crippen LogP contribution in [-0.2, 0) is 25.7 Å². The smallest absolute Gasteiger partial charge is 0.0314 e. The molecule has 0 aromatic heterocycles. The summed E-state index contributed by atoms with van der Waals surface area (Å²) in [5.41, 5.74) is 24.6. The zero-order valence-electron chi connectivity index (χ0n) is 25.4. The van der Waals surface area contributed by atoms with Crippen molar-refractivity contribution in [1.82, 2.24) is 0 Å². The molecule has 4 aromatic carbocycles. The molecule has 4 rings (SSSR count). The van der Waals surface area contributed by atoms with Gasteiger partial charge in [-0.1, -0.05) is 106 Å². The average Bonchev–Trinajstić information content (AvgIpc) is 2.96. The van der Waals surface area contributed by atoms with Crippen LogP contribution in [0.3, 0.4) is 0 Å². The largest absolute Gasteiger partial charge is 0.399 e. The van der Waals surface area contributed by atoms with Gasteiger partial charge in [-0.05, 0) is 121 Å². The van der Waals surface area contributed by atoms with Crippen LogP contribution < -0.4 is 11.5 Å². The molecule has 0 atom stereocenters. The highest BCUT2D eigenvalue weighted by Gasteiger charge is 2.04. The maximum absolute atomic E-state index is 5.82. The van der Waals surface area contributed by atoms with E-state index >= 15 is 0 Å². The first-order valence-electron chi connectivity index (χ1n) is 15.8. The zero-order chi connectivity index (χ0) is 28.9. The summed E-state index contributed by atoms with van der Waals surface area (Å²) in [6, 6.07) is 30.5. The topological polar surface area (TPSA) is 52.0 Å². The second-order valence-corrected chi connectivity index (χ2v) is 12.0. The monoisotopic (exact) mass is 546 g/mol. The van der Waals surface area contributed by atoms with Gasteiger partial charge >= 0.3 is 0 Å². The van der Waals surface area contributed by atoms with Gasteiger partial charge in [0.1, 0.15) is 0 Å². The summed E-state index contributed by atoms with van der Waals surface area (Å²) in [6.45, 7) is 4.53. The molecule has 0 spiro atoms. The summed E-state index contributed by atoms with van der Waals surface area (Å²) in [4.78, 5) is 0. The number of rotatable bonds is 16. The second kappa shape index (κ2) is 16.1. The lowest BCUT2D eigenvalue weighted by atomic mass is 9.96. The first-order valence-corrected chi connectivity index (χ1v) is 15.8. The molecular formula is C39H50N2. The minimum atomic E-state index is 0.829. The van der Waals surface area contributed by atoms with E-state index < -0.39 is 0 Å². The van der Waals surface area contributed by atoms with Gasteiger partial charge in [-0.25, -0.2) is 0 Å². The second-order valence-electron chi connectivity index (χ2n) is 12.0. The molecular weight excluding hydrogens is 496 g/mol. The summed E-state index contributed by atoms with van der Waals surface area (Å²) < 4.78 is 0. The van der Waals surface area contributed by atoms with Gasteiger partial charge in [0, 0.05) is 11.4 Å². The van der Waals surface area contributed by atoms with Crippen LogP contribution in [0.5, 0.6) is 0 Å². The lowest BCUT2D eigenvalue weighted by molar-refractivity contribution is 0.558. The number of anilines is 2. The minimum absolute atomic E-state index is 0.829. The van der Waals surface area contributed by atoms with Crippen molar-refractivity contribution in [2.45, 2.75) is 97.3 Å². The Hall–Kier alpha value is -3.52. The molecule has 4 aromatic rings. The van der Waals surface area contributed by atoms with E-state index in [0.29, 0.717) is 0 Å². The quantitative estimate of drug-likeness (QED) is 0.108. The first-order chi connectivity index (χ1) is 20.0. The van der Waals surface area contributed by atoms with Gasteiger partial charge in [-0.15, -0.1) is 0 Å². The fourth-order valence-electron chi connectivity index (χ4n) is 5.91. The van der Waals surface area contributed by atoms with Crippen LogP contribution in [0, 0.1) is 13.8 Å². The fourth-order valence-corrected chi connectivity index (χ4v) is 5.91. The van der Waals surface area contributed by atoms with E-state index in [1.165, 1.54) is 115 Å². The van der Waals surface area contributed by atoms with Gasteiger partial charge < -0.3 is 11.5 Å². The third-order valence-corrected chi connectivity index (χ3v) is 8.48. The summed E-state index contributed by atoms with van der Waals surface area (Å²) in [7, 11) is 0. The van der Waals surface area contributed by atoms with Gasteiger partial charge in [0.2, 0.25) is 0 Å². The fraction of sp³-hybridized carbons (Fsp3) is 0.385. The Morgan fingerprint density at radius 1 is 0.390 bits per heavy atom. The zero-order valence-corrected chi connectivity index (χ0v) is 25.4. The molecule has 0 aliphatic rings. The molecule has 0 saturated heterocycles. The van der Waals surface area contributed by atoms with Gasteiger partial charge in [-0.2, -0.15) is 0 Å². The Morgan fingerprint density at radius 3 is 1.05 bits per heavy atom. The van der Waals surface area contributed by atoms with E-state index in [2.05, 4.69) is 74.5 Å². The molecule has 41 heavy (non-hydrogen) atoms. The van der Waals surface area contributed by atoms with E-state index in [4.69, 9.17) is 11.5 Å². The average molecular weight is 547 g/mol. The van der Waals surface area contributed by atoms with Crippen LogP contribution in [0.15, 0.2) is 84.9 Å². The Labute approximate surface area is 249 Å². The van der Waals surface area contributed by atoms with Crippen molar-refractivity contribution in [3.8, 4) is 0 Å². The number of unbranched alkanes of at least 4 members (excludes halogenated alkanes) is 8. The van der Waals surface area contributed by atoms with E-state index in [1.807, 2.05) is 24.3 Å². The Balaban J connectivity index is 1.02. The van der Waals surface area contributed by atoms with Crippen LogP contribution in [0.25, 0.3) is 0 Å². The molecule has 216 valence electrons. The Morgan fingerprint density at radius 2 is 0.707 bits per heavy atom. The van der Waals surface area contributed by atoms with Crippen molar-refractivity contribution in [3.63, 3.8) is 0 Å². The van der Waals surface area contributed by atoms with E-state index in [0.717, 1.165) is 24.2 Å². The van der Waals surface area contributed by atoms with Crippen LogP contribution >= 0.6 is 0 Å². The number of nitrogen functional groups attached to an aromatic ring is 2. The molecule has 2 heteroatoms. The minimum Gasteiger partial charge on any atom is -0.399 e. The highest BCUT2D eigenvalue weighted by atomic mass is 14.5. The van der Waals surface area contributed by atoms with Crippen molar-refractivity contribution in [2.75, 3.05) is 11.5 Å². The molecule has 0 bridgehead atoms. The summed E-state index contributed by atoms with van der Waals surface area (Å²) in [6.07, 6.45) is 16.5. The van der Waals surface area contributed by atoms with Crippen molar-refractivity contribution in [2.24, 2.45) is 0 Å². The van der Waals surface area contributed by atoms with Gasteiger partial charge in [-0.3, -0.25) is 0 Å². The third-order valence-electron chi connectivity index (χ3n) is 8.48. The highest BCUT2D eigenvalue weighted by Crippen LogP contribution is 2.20. The number of hydrogen-bond donors (Lipinski definition) is 2. The van der Waals surface area contributed by atoms with E-state index in [1.54, 1.807) is 0 Å². The van der Waals surface area contributed by atoms with Crippen molar-refractivity contribution < 1.29 is 0 Å². The predicted octanol–water partition coefficient (Wildman–Crippen LogP) is 9.95. The van der Waals surface area contributed by atoms with E-state index in [-0.39, 0.29) is 0 Å². The van der Waals surface area contributed by atoms with Crippen molar-refractivity contribution in [3.05, 3.63) is 129 Å². The van der Waals surface area contributed by atoms with Crippen molar-refractivity contribution in [1.29, 1.82) is 0 Å². The molecule has 0 fully saturated rings. The molecule has 0 saturated carbocycles. The van der Waals surface area contributed by atoms with Crippen molar-refractivity contribution >= 4 is 11.4 Å². The summed E-state index contributed by atoms with van der Waals surface area (Å²) in [5.74, 6) is 0. The van der Waals surface area contributed by atoms with Crippen LogP contribution in [0.1, 0.15) is 102 Å². The Kier molecular flexibility index (Phi) is 11.9. The van der Waals surface area contributed by atoms with Crippen LogP contribution in [-0.4, -0.2) is 0 Å². The van der Waals surface area contributed by atoms with Crippen LogP contribution in [0.4, 0.5) is 11.4 Å². The lowest BCUT2D eigenvalue weighted by Crippen LogP contribution is -1.95. The molecule has 0 amide bonds. The van der Waals surface area contributed by atoms with E-state index in [9.17, 15) is 0 Å². The normalized spacial score (nSPS) is 11.2. The summed E-state index contributed by atoms with van der Waals surface area (Å²) in [5, 5.41) is 0. The highest BCUT2D eigenvalue weighted by molar-refractivity contribution is 5.42. The lowest BCUT2D eigenvalue weighted by Gasteiger charge is -2.10. The standard InChI is InChI=1S/C39H50N2/c1-30-26-34(28-32-16-22-38(40)23-17-32)14-20-36(30)12-10-8-6-4-3-5-7-9-11-13-37-21-15-35(27-31(37)2)29-33-18-24-39(41)25-19-33/h14-27H,3-13,28-29,40-41H2,1-2H3. The number of aryl methyl sites for hydroxylation is 4. The number of hydrogen-bond acceptors (Lipinski definition) is 2. The molecule has 0 heterocycles. The SMILES string of the molecule is Cc1cc(Cc2ccc(N)cc2)ccc1CCCCCCCCCCCc1ccc(Cc2ccc(N)cc2)cc1C. The first kappa shape index (κ1) is 30.4. The number of nitrogens with two attached hydrogens (primary N) is 2. The van der Waals surface area contributed by atoms with Gasteiger partial charge in [0.25, 0.3) is 0 Å². The molecule has 0 aliphatic carbocycles. The maximum atomic E-state index is 5.82. The molecule has 2 nitrogen and oxygen atoms in total. The molecule has 0 aliphatic heterocycles. The van der Waals surface area contributed by atoms with Gasteiger partial charge in [0.05, 0.1) is 0 Å². The predicted molar refractivity (Wildman–Crippen MR) is 179 cm³/mol. The Bertz CT molecular complexity index is 1230. The summed E-state index contributed by atoms with van der Waals surface area (Å²) >= 11 is 0. The van der Waals surface area contributed by atoms with Gasteiger partial charge in [0.15, 0.2) is 0 Å². The molecule has 0 radical (unpaired) electrons. The molecule has 4 N–H and O–H groups in total. The third kappa shape index (κ3) is 10.4. The maximum Gasteiger partial charge on any atom is 0.0314 e.